The first kappa shape index (κ1) is 26.7. The molecule has 0 saturated heterocycles. The Morgan fingerprint density at radius 1 is 0.889 bits per heavy atom. The highest BCUT2D eigenvalue weighted by molar-refractivity contribution is 7.16. The molecule has 1 heterocycles. The van der Waals surface area contributed by atoms with Crippen molar-refractivity contribution in [2.45, 2.75) is 40.7 Å². The Balaban J connectivity index is 1.61. The van der Waals surface area contributed by atoms with Crippen LogP contribution in [0, 0.1) is 13.8 Å². The lowest BCUT2D eigenvalue weighted by molar-refractivity contribution is -0.122. The van der Waals surface area contributed by atoms with Gasteiger partial charge in [-0.25, -0.2) is 4.79 Å². The largest absolute Gasteiger partial charge is 0.494 e. The van der Waals surface area contributed by atoms with Crippen molar-refractivity contribution < 1.29 is 28.6 Å². The van der Waals surface area contributed by atoms with E-state index in [1.165, 1.54) is 11.3 Å². The second kappa shape index (κ2) is 12.2. The fraction of sp³-hybridized carbons (Fsp3) is 0.296. The highest BCUT2D eigenvalue weighted by Crippen LogP contribution is 2.33. The van der Waals surface area contributed by atoms with Crippen molar-refractivity contribution >= 4 is 39.8 Å². The third-order valence-electron chi connectivity index (χ3n) is 5.32. The predicted octanol–water partition coefficient (Wildman–Crippen LogP) is 5.60. The van der Waals surface area contributed by atoms with E-state index in [-0.39, 0.29) is 18.4 Å². The summed E-state index contributed by atoms with van der Waals surface area (Å²) in [6, 6.07) is 13.5. The average molecular weight is 511 g/mol. The number of hydrogen-bond donors (Lipinski definition) is 2. The molecular formula is C27H30N2O6S. The molecule has 2 amide bonds. The molecular weight excluding hydrogens is 480 g/mol. The zero-order valence-electron chi connectivity index (χ0n) is 21.0. The van der Waals surface area contributed by atoms with Crippen molar-refractivity contribution in [1.29, 1.82) is 0 Å². The van der Waals surface area contributed by atoms with Crippen LogP contribution in [0.3, 0.4) is 0 Å². The minimum absolute atomic E-state index is 0.249. The number of esters is 1. The maximum Gasteiger partial charge on any atom is 0.341 e. The van der Waals surface area contributed by atoms with E-state index in [0.717, 1.165) is 16.2 Å². The van der Waals surface area contributed by atoms with Gasteiger partial charge in [-0.2, -0.15) is 0 Å². The molecule has 0 unspecified atom stereocenters. The van der Waals surface area contributed by atoms with Gasteiger partial charge in [0.05, 0.1) is 18.8 Å². The summed E-state index contributed by atoms with van der Waals surface area (Å²) in [5.74, 6) is 0.0303. The molecule has 8 nitrogen and oxygen atoms in total. The maximum absolute atomic E-state index is 12.8. The lowest BCUT2D eigenvalue weighted by Crippen LogP contribution is -2.30. The molecule has 36 heavy (non-hydrogen) atoms. The summed E-state index contributed by atoms with van der Waals surface area (Å²) >= 11 is 1.33. The number of amides is 2. The van der Waals surface area contributed by atoms with Crippen molar-refractivity contribution in [3.63, 3.8) is 0 Å². The van der Waals surface area contributed by atoms with Crippen molar-refractivity contribution in [3.8, 4) is 11.5 Å². The van der Waals surface area contributed by atoms with Gasteiger partial charge in [0.1, 0.15) is 16.5 Å². The first-order valence-electron chi connectivity index (χ1n) is 11.6. The third kappa shape index (κ3) is 6.63. The standard InChI is InChI=1S/C27H30N2O6S/c1-6-33-21-14-10-20(11-15-21)28-24(30)17(4)35-22-12-8-19(9-13-22)25(31)29-26-23(27(32)34-7-2)16(3)18(5)36-26/h8-15,17H,6-7H2,1-5H3,(H,28,30)(H,29,31)/t17-/m0/s1. The summed E-state index contributed by atoms with van der Waals surface area (Å²) in [4.78, 5) is 38.6. The molecule has 0 saturated carbocycles. The van der Waals surface area contributed by atoms with Crippen LogP contribution in [0.15, 0.2) is 48.5 Å². The first-order valence-corrected chi connectivity index (χ1v) is 12.4. The van der Waals surface area contributed by atoms with Crippen LogP contribution in [0.1, 0.15) is 51.9 Å². The van der Waals surface area contributed by atoms with Gasteiger partial charge in [-0.15, -0.1) is 11.3 Å². The summed E-state index contributed by atoms with van der Waals surface area (Å²) in [7, 11) is 0. The van der Waals surface area contributed by atoms with Crippen LogP contribution in [0.4, 0.5) is 10.7 Å². The van der Waals surface area contributed by atoms with Crippen LogP contribution < -0.4 is 20.1 Å². The van der Waals surface area contributed by atoms with E-state index in [4.69, 9.17) is 14.2 Å². The molecule has 0 aliphatic carbocycles. The fourth-order valence-corrected chi connectivity index (χ4v) is 4.37. The Kier molecular flexibility index (Phi) is 9.08. The van der Waals surface area contributed by atoms with E-state index in [0.29, 0.717) is 34.2 Å². The van der Waals surface area contributed by atoms with E-state index in [2.05, 4.69) is 10.6 Å². The normalized spacial score (nSPS) is 11.4. The van der Waals surface area contributed by atoms with Gasteiger partial charge in [0.25, 0.3) is 11.8 Å². The summed E-state index contributed by atoms with van der Waals surface area (Å²) in [5, 5.41) is 6.06. The molecule has 9 heteroatoms. The maximum atomic E-state index is 12.8. The summed E-state index contributed by atoms with van der Waals surface area (Å²) in [6.45, 7) is 9.81. The van der Waals surface area contributed by atoms with Crippen molar-refractivity contribution in [2.24, 2.45) is 0 Å². The quantitative estimate of drug-likeness (QED) is 0.344. The number of aryl methyl sites for hydroxylation is 1. The fourth-order valence-electron chi connectivity index (χ4n) is 3.33. The van der Waals surface area contributed by atoms with Crippen LogP contribution in [-0.2, 0) is 9.53 Å². The molecule has 2 aromatic carbocycles. The van der Waals surface area contributed by atoms with Crippen LogP contribution >= 0.6 is 11.3 Å². The van der Waals surface area contributed by atoms with E-state index >= 15 is 0 Å². The number of carbonyl (C=O) groups is 3. The topological polar surface area (TPSA) is 103 Å². The predicted molar refractivity (Wildman–Crippen MR) is 140 cm³/mol. The highest BCUT2D eigenvalue weighted by Gasteiger charge is 2.22. The van der Waals surface area contributed by atoms with Crippen molar-refractivity contribution in [3.05, 3.63) is 70.1 Å². The lowest BCUT2D eigenvalue weighted by atomic mass is 10.1. The van der Waals surface area contributed by atoms with Gasteiger partial charge in [-0.1, -0.05) is 0 Å². The third-order valence-corrected chi connectivity index (χ3v) is 6.45. The van der Waals surface area contributed by atoms with Crippen molar-refractivity contribution in [2.75, 3.05) is 23.8 Å². The number of hydrogen-bond acceptors (Lipinski definition) is 7. The number of nitrogens with one attached hydrogen (secondary N) is 2. The Morgan fingerprint density at radius 2 is 1.53 bits per heavy atom. The monoisotopic (exact) mass is 510 g/mol. The number of benzene rings is 2. The van der Waals surface area contributed by atoms with Gasteiger partial charge in [-0.3, -0.25) is 9.59 Å². The highest BCUT2D eigenvalue weighted by atomic mass is 32.1. The van der Waals surface area contributed by atoms with Crippen LogP contribution in [0.5, 0.6) is 11.5 Å². The van der Waals surface area contributed by atoms with Gasteiger partial charge in [0.2, 0.25) is 0 Å². The summed E-state index contributed by atoms with van der Waals surface area (Å²) in [6.07, 6.45) is -0.763. The molecule has 0 bridgehead atoms. The smallest absolute Gasteiger partial charge is 0.341 e. The molecule has 0 fully saturated rings. The second-order valence-electron chi connectivity index (χ2n) is 7.89. The molecule has 0 spiro atoms. The molecule has 3 aromatic rings. The first-order chi connectivity index (χ1) is 17.2. The SMILES string of the molecule is CCOC(=O)c1c(NC(=O)c2ccc(O[C@@H](C)C(=O)Nc3ccc(OCC)cc3)cc2)sc(C)c1C. The Hall–Kier alpha value is -3.85. The Morgan fingerprint density at radius 3 is 2.14 bits per heavy atom. The molecule has 1 atom stereocenters. The molecule has 1 aromatic heterocycles. The number of thiophene rings is 1. The molecule has 0 aliphatic heterocycles. The molecule has 2 N–H and O–H groups in total. The zero-order chi connectivity index (χ0) is 26.2. The minimum Gasteiger partial charge on any atom is -0.494 e. The summed E-state index contributed by atoms with van der Waals surface area (Å²) in [5.41, 5.74) is 2.18. The van der Waals surface area contributed by atoms with Gasteiger partial charge in [0, 0.05) is 16.1 Å². The van der Waals surface area contributed by atoms with Gasteiger partial charge in [-0.05, 0) is 88.7 Å². The van der Waals surface area contributed by atoms with E-state index in [1.54, 1.807) is 62.4 Å². The molecule has 3 rings (SSSR count). The van der Waals surface area contributed by atoms with Gasteiger partial charge >= 0.3 is 5.97 Å². The lowest BCUT2D eigenvalue weighted by Gasteiger charge is -2.15. The van der Waals surface area contributed by atoms with Crippen molar-refractivity contribution in [1.82, 2.24) is 0 Å². The van der Waals surface area contributed by atoms with Crippen LogP contribution in [-0.4, -0.2) is 37.1 Å². The van der Waals surface area contributed by atoms with Gasteiger partial charge in [0.15, 0.2) is 6.10 Å². The zero-order valence-corrected chi connectivity index (χ0v) is 21.8. The molecule has 0 radical (unpaired) electrons. The number of anilines is 2. The number of carbonyl (C=O) groups excluding carboxylic acids is 3. The number of rotatable bonds is 10. The molecule has 190 valence electrons. The molecule has 0 aliphatic rings. The number of ether oxygens (including phenoxy) is 3. The minimum atomic E-state index is -0.763. The van der Waals surface area contributed by atoms with E-state index < -0.39 is 12.1 Å². The average Bonchev–Trinajstić information content (AvgIpc) is 3.13. The Labute approximate surface area is 214 Å². The van der Waals surface area contributed by atoms with E-state index in [1.807, 2.05) is 20.8 Å². The van der Waals surface area contributed by atoms with E-state index in [9.17, 15) is 14.4 Å². The van der Waals surface area contributed by atoms with Gasteiger partial charge < -0.3 is 24.8 Å². The van der Waals surface area contributed by atoms with Crippen LogP contribution in [0.2, 0.25) is 0 Å². The Bertz CT molecular complexity index is 1220. The second-order valence-corrected chi connectivity index (χ2v) is 9.12. The van der Waals surface area contributed by atoms with Crippen LogP contribution in [0.25, 0.3) is 0 Å². The summed E-state index contributed by atoms with van der Waals surface area (Å²) < 4.78 is 16.3.